The van der Waals surface area contributed by atoms with Crippen molar-refractivity contribution < 1.29 is 26.6 Å². The van der Waals surface area contributed by atoms with Crippen LogP contribution in [0.25, 0.3) is 0 Å². The van der Waals surface area contributed by atoms with Crippen molar-refractivity contribution in [2.24, 2.45) is 0 Å². The maximum absolute atomic E-state index is 5.62. The Morgan fingerprint density at radius 2 is 0.879 bits per heavy atom. The van der Waals surface area contributed by atoms with Gasteiger partial charge in [0.1, 0.15) is 0 Å². The average Bonchev–Trinajstić information content (AvgIpc) is 2.81. The van der Waals surface area contributed by atoms with Crippen molar-refractivity contribution in [3.05, 3.63) is 0 Å². The van der Waals surface area contributed by atoms with Crippen molar-refractivity contribution in [3.8, 4) is 0 Å². The van der Waals surface area contributed by atoms with E-state index in [4.69, 9.17) is 38.2 Å². The summed E-state index contributed by atoms with van der Waals surface area (Å²) in [5.74, 6) is 0.637. The second kappa shape index (κ2) is 24.0. The maximum Gasteiger partial charge on any atom is 0.501 e. The predicted octanol–water partition coefficient (Wildman–Crippen LogP) is 1.23. The lowest BCUT2D eigenvalue weighted by Gasteiger charge is -2.27. The summed E-state index contributed by atoms with van der Waals surface area (Å²) in [6.45, 7) is 4.75. The van der Waals surface area contributed by atoms with Gasteiger partial charge in [-0.15, -0.1) is 11.6 Å². The van der Waals surface area contributed by atoms with Gasteiger partial charge in [-0.2, -0.15) is 0 Å². The normalized spacial score (nSPS) is 12.0. The van der Waals surface area contributed by atoms with Crippen molar-refractivity contribution in [1.82, 2.24) is 20.0 Å². The first kappa shape index (κ1) is 37.9. The molecule has 0 rings (SSSR count). The number of nitrogens with one attached hydrogen (secondary N) is 1. The van der Waals surface area contributed by atoms with Gasteiger partial charge in [-0.1, -0.05) is 0 Å². The monoisotopic (exact) mass is 536 g/mol. The third-order valence-corrected chi connectivity index (χ3v) is 10.4. The van der Waals surface area contributed by atoms with Crippen LogP contribution in [-0.2, 0) is 26.6 Å². The van der Waals surface area contributed by atoms with E-state index in [0.29, 0.717) is 5.88 Å². The average molecular weight is 537 g/mol. The summed E-state index contributed by atoms with van der Waals surface area (Å²) < 4.78 is 32.0. The molecule has 0 atom stereocenters. The standard InChI is InChI=1S/C10H26N2O3Si.C8H20ClNO3Si.C2H7N/c1-11(2)7-8-12(3)9-10-16(13-4,14-5)15-6;1-10(6-5-9)7-8-14(11-2,12-3)13-4;1-3-2/h7-10H2,1-6H3;5-8H2,1-4H3;3H,1-2H3. The van der Waals surface area contributed by atoms with Gasteiger partial charge in [0.05, 0.1) is 0 Å². The van der Waals surface area contributed by atoms with Crippen LogP contribution in [0.2, 0.25) is 12.1 Å². The van der Waals surface area contributed by atoms with Crippen molar-refractivity contribution in [1.29, 1.82) is 0 Å². The largest absolute Gasteiger partial charge is 0.501 e. The van der Waals surface area contributed by atoms with Crippen LogP contribution >= 0.6 is 11.6 Å². The Morgan fingerprint density at radius 1 is 0.576 bits per heavy atom. The highest BCUT2D eigenvalue weighted by molar-refractivity contribution is 6.61. The smallest absolute Gasteiger partial charge is 0.377 e. The second-order valence-corrected chi connectivity index (χ2v) is 14.2. The molecule has 0 aliphatic heterocycles. The minimum Gasteiger partial charge on any atom is -0.377 e. The third-order valence-electron chi connectivity index (χ3n) is 4.86. The molecule has 1 N–H and O–H groups in total. The fourth-order valence-corrected chi connectivity index (χ4v) is 6.33. The Bertz CT molecular complexity index is 396. The van der Waals surface area contributed by atoms with Gasteiger partial charge in [0.2, 0.25) is 0 Å². The minimum absolute atomic E-state index is 0.637. The Kier molecular flexibility index (Phi) is 27.6. The highest BCUT2D eigenvalue weighted by Gasteiger charge is 2.38. The van der Waals surface area contributed by atoms with Gasteiger partial charge in [0, 0.05) is 93.4 Å². The van der Waals surface area contributed by atoms with Gasteiger partial charge in [-0.3, -0.25) is 0 Å². The van der Waals surface area contributed by atoms with Crippen molar-refractivity contribution in [2.45, 2.75) is 12.1 Å². The minimum atomic E-state index is -2.39. The van der Waals surface area contributed by atoms with Crippen LogP contribution in [0.5, 0.6) is 0 Å². The van der Waals surface area contributed by atoms with E-state index >= 15 is 0 Å². The Labute approximate surface area is 211 Å². The quantitative estimate of drug-likeness (QED) is 0.216. The molecule has 0 aromatic heterocycles. The summed E-state index contributed by atoms with van der Waals surface area (Å²) in [5, 5.41) is 2.75. The SMILES string of the molecule is CNC.CO[Si](CCN(C)CCCl)(OC)OC.CO[Si](CCN(C)CCN(C)C)(OC)OC. The van der Waals surface area contributed by atoms with Gasteiger partial charge in [0.15, 0.2) is 0 Å². The van der Waals surface area contributed by atoms with Crippen LogP contribution in [0.15, 0.2) is 0 Å². The summed E-state index contributed by atoms with van der Waals surface area (Å²) in [4.78, 5) is 6.56. The molecule has 10 nitrogen and oxygen atoms in total. The molecule has 204 valence electrons. The van der Waals surface area contributed by atoms with Gasteiger partial charge < -0.3 is 46.6 Å². The number of halogens is 1. The first-order valence-corrected chi connectivity index (χ1v) is 15.4. The van der Waals surface area contributed by atoms with E-state index < -0.39 is 17.6 Å². The Hall–Kier alpha value is 0.324. The van der Waals surface area contributed by atoms with Crippen LogP contribution in [0, 0.1) is 0 Å². The lowest BCUT2D eigenvalue weighted by atomic mass is 10.5. The molecule has 0 aromatic rings. The van der Waals surface area contributed by atoms with Crippen LogP contribution in [0.1, 0.15) is 0 Å². The zero-order valence-corrected chi connectivity index (χ0v) is 26.1. The fraction of sp³-hybridized carbons (Fsp3) is 1.00. The third kappa shape index (κ3) is 20.2. The predicted molar refractivity (Wildman–Crippen MR) is 142 cm³/mol. The number of rotatable bonds is 17. The molecular formula is C20H53ClN4O6Si2. The van der Waals surface area contributed by atoms with E-state index in [2.05, 4.69) is 41.2 Å². The molecule has 0 bridgehead atoms. The molecule has 33 heavy (non-hydrogen) atoms. The fourth-order valence-electron chi connectivity index (χ4n) is 2.51. The van der Waals surface area contributed by atoms with Crippen LogP contribution in [0.3, 0.4) is 0 Å². The molecule has 0 saturated carbocycles. The van der Waals surface area contributed by atoms with E-state index in [1.807, 2.05) is 21.1 Å². The molecule has 0 spiro atoms. The summed E-state index contributed by atoms with van der Waals surface area (Å²) in [6.07, 6.45) is 0. The Morgan fingerprint density at radius 3 is 1.12 bits per heavy atom. The highest BCUT2D eigenvalue weighted by Crippen LogP contribution is 2.13. The van der Waals surface area contributed by atoms with Crippen molar-refractivity contribution in [3.63, 3.8) is 0 Å². The second-order valence-electron chi connectivity index (χ2n) is 7.69. The van der Waals surface area contributed by atoms with E-state index in [0.717, 1.165) is 44.8 Å². The summed E-state index contributed by atoms with van der Waals surface area (Å²) in [5.41, 5.74) is 0. The molecule has 0 saturated heterocycles. The zero-order chi connectivity index (χ0) is 26.3. The highest BCUT2D eigenvalue weighted by atomic mass is 35.5. The lowest BCUT2D eigenvalue weighted by Crippen LogP contribution is -2.45. The molecule has 0 aliphatic rings. The number of likely N-dealkylation sites (N-methyl/N-ethyl adjacent to an activating group) is 2. The topological polar surface area (TPSA) is 77.1 Å². The first-order valence-electron chi connectivity index (χ1n) is 11.0. The van der Waals surface area contributed by atoms with Gasteiger partial charge in [-0.25, -0.2) is 0 Å². The van der Waals surface area contributed by atoms with Crippen molar-refractivity contribution in [2.75, 3.05) is 124 Å². The summed E-state index contributed by atoms with van der Waals surface area (Å²) in [7, 11) is 17.1. The molecule has 0 unspecified atom stereocenters. The zero-order valence-electron chi connectivity index (χ0n) is 23.3. The van der Waals surface area contributed by atoms with Crippen molar-refractivity contribution >= 4 is 29.2 Å². The molecule has 0 heterocycles. The van der Waals surface area contributed by atoms with E-state index in [9.17, 15) is 0 Å². The Balaban J connectivity index is -0.000000490. The molecule has 0 fully saturated rings. The van der Waals surface area contributed by atoms with Gasteiger partial charge in [0.25, 0.3) is 0 Å². The number of alkyl halides is 1. The molecule has 0 aromatic carbocycles. The van der Waals surface area contributed by atoms with E-state index in [1.165, 1.54) is 0 Å². The van der Waals surface area contributed by atoms with Gasteiger partial charge in [-0.05, 0) is 42.3 Å². The number of hydrogen-bond acceptors (Lipinski definition) is 10. The lowest BCUT2D eigenvalue weighted by molar-refractivity contribution is 0.119. The molecule has 0 radical (unpaired) electrons. The molecule has 13 heteroatoms. The number of nitrogens with zero attached hydrogens (tertiary/aromatic N) is 3. The van der Waals surface area contributed by atoms with Crippen LogP contribution in [0.4, 0.5) is 0 Å². The first-order chi connectivity index (χ1) is 15.5. The summed E-state index contributed by atoms with van der Waals surface area (Å²) >= 11 is 5.62. The molecular weight excluding hydrogens is 484 g/mol. The van der Waals surface area contributed by atoms with Crippen LogP contribution in [-0.4, -0.2) is 156 Å². The molecule has 0 amide bonds. The van der Waals surface area contributed by atoms with Crippen LogP contribution < -0.4 is 5.32 Å². The maximum atomic E-state index is 5.62. The van der Waals surface area contributed by atoms with E-state index in [-0.39, 0.29) is 0 Å². The van der Waals surface area contributed by atoms with Gasteiger partial charge >= 0.3 is 17.6 Å². The molecule has 0 aliphatic carbocycles. The summed E-state index contributed by atoms with van der Waals surface area (Å²) in [6, 6.07) is 1.60. The van der Waals surface area contributed by atoms with E-state index in [1.54, 1.807) is 42.7 Å². The number of hydrogen-bond donors (Lipinski definition) is 1.